The second-order valence-corrected chi connectivity index (χ2v) is 25.5. The predicted octanol–water partition coefficient (Wildman–Crippen LogP) is 9.36. The van der Waals surface area contributed by atoms with Gasteiger partial charge in [-0.1, -0.05) is 0 Å². The van der Waals surface area contributed by atoms with Crippen LogP contribution in [0.15, 0.2) is 0 Å². The standard InChI is InChI=1S/2C8H17.C3H2Cl4O.2CH3.2Sn/c2*1-3-5-7-8-6-4-2;4-1-2(5)3(6,7)8;;;;/h2*1,3-8H2,2H3;1-2H;2*1H3;;/q;;-1;;;;+1. The maximum absolute atomic E-state index is 6.92. The molecule has 168 valence electrons. The summed E-state index contributed by atoms with van der Waals surface area (Å²) in [4.78, 5) is 4.22. The number of rotatable bonds is 19. The average molecular weight is 690 g/mol. The van der Waals surface area contributed by atoms with E-state index in [0.29, 0.717) is 0 Å². The van der Waals surface area contributed by atoms with Crippen molar-refractivity contribution in [2.45, 2.75) is 123 Å². The first-order valence-corrected chi connectivity index (χ1v) is 25.4. The first-order valence-electron chi connectivity index (χ1n) is 11.3. The van der Waals surface area contributed by atoms with Crippen LogP contribution in [0.5, 0.6) is 0 Å². The molecule has 0 spiro atoms. The molecule has 0 aliphatic rings. The molecule has 0 aromatic heterocycles. The van der Waals surface area contributed by atoms with E-state index in [1.807, 2.05) is 0 Å². The van der Waals surface area contributed by atoms with Crippen molar-refractivity contribution < 1.29 is 3.07 Å². The Hall–Kier alpha value is 2.72. The summed E-state index contributed by atoms with van der Waals surface area (Å²) < 4.78 is 7.07. The van der Waals surface area contributed by atoms with Gasteiger partial charge in [0.05, 0.1) is 0 Å². The van der Waals surface area contributed by atoms with Gasteiger partial charge in [0, 0.05) is 0 Å². The average Bonchev–Trinajstić information content (AvgIpc) is 2.63. The number of hydrogen-bond acceptors (Lipinski definition) is 1. The molecule has 0 aromatic rings. The summed E-state index contributed by atoms with van der Waals surface area (Å²) in [5.41, 5.74) is 0. The van der Waals surface area contributed by atoms with Gasteiger partial charge in [0.25, 0.3) is 0 Å². The number of hydrogen-bond donors (Lipinski definition) is 0. The van der Waals surface area contributed by atoms with Gasteiger partial charge in [0.15, 0.2) is 0 Å². The Morgan fingerprint density at radius 3 is 1.50 bits per heavy atom. The van der Waals surface area contributed by atoms with E-state index in [1.54, 1.807) is 0 Å². The zero-order chi connectivity index (χ0) is 21.4. The molecule has 0 aromatic carbocycles. The Labute approximate surface area is 210 Å². The summed E-state index contributed by atoms with van der Waals surface area (Å²) >= 11 is 22.7. The van der Waals surface area contributed by atoms with Crippen LogP contribution < -0.4 is 0 Å². The molecule has 0 rings (SSSR count). The summed E-state index contributed by atoms with van der Waals surface area (Å²) in [5, 5.41) is -0.498. The zero-order valence-electron chi connectivity index (χ0n) is 18.5. The van der Waals surface area contributed by atoms with Crippen molar-refractivity contribution >= 4 is 86.3 Å². The number of alkyl halides is 4. The molecule has 7 heteroatoms. The van der Waals surface area contributed by atoms with Crippen molar-refractivity contribution in [2.75, 3.05) is 0 Å². The van der Waals surface area contributed by atoms with Crippen molar-refractivity contribution in [3.63, 3.8) is 0 Å². The van der Waals surface area contributed by atoms with Gasteiger partial charge in [0.1, 0.15) is 0 Å². The maximum atomic E-state index is 6.92. The zero-order valence-corrected chi connectivity index (χ0v) is 27.2. The van der Waals surface area contributed by atoms with Crippen LogP contribution in [0.2, 0.25) is 18.8 Å². The fraction of sp³-hybridized carbons (Fsp3) is 1.00. The molecule has 2 unspecified atom stereocenters. The molecule has 1 nitrogen and oxygen atoms in total. The van der Waals surface area contributed by atoms with Crippen molar-refractivity contribution in [3.05, 3.63) is 0 Å². The molecule has 0 N–H and O–H groups in total. The predicted molar refractivity (Wildman–Crippen MR) is 134 cm³/mol. The molecule has 0 heterocycles. The van der Waals surface area contributed by atoms with E-state index in [2.05, 4.69) is 23.7 Å². The van der Waals surface area contributed by atoms with Crippen molar-refractivity contribution in [2.24, 2.45) is 0 Å². The Morgan fingerprint density at radius 1 is 0.714 bits per heavy atom. The molecule has 28 heavy (non-hydrogen) atoms. The van der Waals surface area contributed by atoms with Gasteiger partial charge in [0.2, 0.25) is 0 Å². The molecule has 0 bridgehead atoms. The van der Waals surface area contributed by atoms with E-state index < -0.39 is 49.8 Å². The third-order valence-corrected chi connectivity index (χ3v) is 21.2. The normalized spacial score (nSPS) is 14.8. The van der Waals surface area contributed by atoms with Crippen molar-refractivity contribution in [3.8, 4) is 0 Å². The van der Waals surface area contributed by atoms with E-state index in [4.69, 9.17) is 49.5 Å². The topological polar surface area (TPSA) is 9.23 Å². The molecule has 0 aliphatic carbocycles. The van der Waals surface area contributed by atoms with Gasteiger partial charge in [-0.3, -0.25) is 0 Å². The van der Waals surface area contributed by atoms with Gasteiger partial charge in [-0.25, -0.2) is 0 Å². The molecule has 0 fully saturated rings. The molecule has 0 amide bonds. The van der Waals surface area contributed by atoms with E-state index >= 15 is 0 Å². The Bertz CT molecular complexity index is 343. The summed E-state index contributed by atoms with van der Waals surface area (Å²) in [6.45, 7) is 4.53. The van der Waals surface area contributed by atoms with Crippen LogP contribution in [0.3, 0.4) is 0 Å². The molecule has 2 radical (unpaired) electrons. The number of unbranched alkanes of at least 4 members (excludes halogenated alkanes) is 10. The SMILES string of the molecule is CCCCCCC[CH2][Sn]([CH2]CCCCCCC)[CH](Cl)C(Cl)C(Cl)(Cl)[O][Sn]([CH3])[CH3]. The first-order chi connectivity index (χ1) is 13.3. The molecule has 2 atom stereocenters. The van der Waals surface area contributed by atoms with Gasteiger partial charge in [-0.2, -0.15) is 0 Å². The number of halogens is 4. The Balaban J connectivity index is 4.60. The molecule has 0 saturated heterocycles. The summed E-state index contributed by atoms with van der Waals surface area (Å²) in [6.07, 6.45) is 15.9. The summed E-state index contributed by atoms with van der Waals surface area (Å²) in [6, 6.07) is 0. The van der Waals surface area contributed by atoms with Gasteiger partial charge >= 0.3 is 212 Å². The molecule has 0 saturated carbocycles. The molecular weight excluding hydrogens is 647 g/mol. The third-order valence-electron chi connectivity index (χ3n) is 5.01. The van der Waals surface area contributed by atoms with Crippen molar-refractivity contribution in [1.29, 1.82) is 0 Å². The third kappa shape index (κ3) is 15.5. The van der Waals surface area contributed by atoms with Crippen molar-refractivity contribution in [1.82, 2.24) is 0 Å². The minimum atomic E-state index is -1.93. The van der Waals surface area contributed by atoms with Gasteiger partial charge < -0.3 is 0 Å². The van der Waals surface area contributed by atoms with E-state index in [0.717, 1.165) is 0 Å². The fourth-order valence-electron chi connectivity index (χ4n) is 3.37. The molecular formula is C21H42Cl4OSn2. The van der Waals surface area contributed by atoms with Crippen LogP contribution in [-0.2, 0) is 3.07 Å². The van der Waals surface area contributed by atoms with Crippen LogP contribution in [0.25, 0.3) is 0 Å². The minimum absolute atomic E-state index is 0.0620. The van der Waals surface area contributed by atoms with E-state index in [9.17, 15) is 0 Å². The van der Waals surface area contributed by atoms with Crippen LogP contribution in [0.1, 0.15) is 90.9 Å². The van der Waals surface area contributed by atoms with Crippen LogP contribution in [0, 0.1) is 0 Å². The first kappa shape index (κ1) is 30.7. The van der Waals surface area contributed by atoms with Crippen LogP contribution in [-0.4, -0.2) is 53.2 Å². The summed E-state index contributed by atoms with van der Waals surface area (Å²) in [7, 11) is 0. The second kappa shape index (κ2) is 19.2. The van der Waals surface area contributed by atoms with Gasteiger partial charge in [-0.05, 0) is 0 Å². The Kier molecular flexibility index (Phi) is 21.1. The fourth-order valence-corrected chi connectivity index (χ4v) is 19.6. The van der Waals surface area contributed by atoms with Crippen LogP contribution >= 0.6 is 46.4 Å². The molecule has 0 aliphatic heterocycles. The Morgan fingerprint density at radius 2 is 1.11 bits per heavy atom. The second-order valence-electron chi connectivity index (χ2n) is 8.07. The summed E-state index contributed by atoms with van der Waals surface area (Å²) in [5.74, 6) is 0. The van der Waals surface area contributed by atoms with E-state index in [1.165, 1.54) is 85.9 Å². The van der Waals surface area contributed by atoms with Crippen LogP contribution in [0.4, 0.5) is 0 Å². The van der Waals surface area contributed by atoms with Gasteiger partial charge in [-0.15, -0.1) is 0 Å². The van der Waals surface area contributed by atoms with E-state index in [-0.39, 0.29) is 3.39 Å². The monoisotopic (exact) mass is 690 g/mol. The quantitative estimate of drug-likeness (QED) is 0.0747.